The molecule has 0 spiro atoms. The number of hydrogen-bond acceptors (Lipinski definition) is 10. The summed E-state index contributed by atoms with van der Waals surface area (Å²) in [4.78, 5) is 18.9. The monoisotopic (exact) mass is 697 g/mol. The van der Waals surface area contributed by atoms with Crippen LogP contribution in [-0.2, 0) is 32.4 Å². The molecule has 39 heavy (non-hydrogen) atoms. The van der Waals surface area contributed by atoms with Gasteiger partial charge in [0.25, 0.3) is 0 Å². The van der Waals surface area contributed by atoms with Crippen molar-refractivity contribution in [2.24, 2.45) is 0 Å². The standard InChI is InChI=1S/C16H20N4O6S.C5H8IN3O2S/c1-18(2)27(24,25)19-9-14(17-10-19)16(21)8-4-5-11-12(16)6-7-13(26-3)15(11)20(22)23;1-8(2)12(10,11)9-3-5(6)7-4-9/h6-7,9-10,21H,4-5,8H2,1-3H3;3-4H,1-2H3. The molecule has 2 aromatic heterocycles. The summed E-state index contributed by atoms with van der Waals surface area (Å²) >= 11 is 1.95. The second-order valence-electron chi connectivity index (χ2n) is 8.81. The molecule has 1 aliphatic carbocycles. The van der Waals surface area contributed by atoms with Gasteiger partial charge in [0.2, 0.25) is 0 Å². The van der Waals surface area contributed by atoms with Crippen molar-refractivity contribution in [3.8, 4) is 5.75 Å². The second kappa shape index (κ2) is 11.5. The summed E-state index contributed by atoms with van der Waals surface area (Å²) in [5.41, 5.74) is -0.980. The van der Waals surface area contributed by atoms with E-state index >= 15 is 0 Å². The number of halogens is 1. The molecule has 1 unspecified atom stereocenters. The molecule has 214 valence electrons. The molecule has 2 heterocycles. The summed E-state index contributed by atoms with van der Waals surface area (Å²) in [6, 6.07) is 3.00. The first-order valence-electron chi connectivity index (χ1n) is 11.2. The Morgan fingerprint density at radius 3 is 2.10 bits per heavy atom. The van der Waals surface area contributed by atoms with Crippen LogP contribution in [0.4, 0.5) is 5.69 Å². The molecule has 0 bridgehead atoms. The smallest absolute Gasteiger partial charge is 0.314 e. The van der Waals surface area contributed by atoms with Gasteiger partial charge in [-0.2, -0.15) is 25.4 Å². The molecule has 0 radical (unpaired) electrons. The van der Waals surface area contributed by atoms with Gasteiger partial charge in [-0.15, -0.1) is 0 Å². The number of nitrogens with zero attached hydrogens (tertiary/aromatic N) is 7. The lowest BCUT2D eigenvalue weighted by molar-refractivity contribution is -0.386. The van der Waals surface area contributed by atoms with E-state index in [0.717, 1.165) is 22.9 Å². The van der Waals surface area contributed by atoms with Gasteiger partial charge in [-0.05, 0) is 53.5 Å². The number of benzene rings is 1. The van der Waals surface area contributed by atoms with E-state index in [9.17, 15) is 32.1 Å². The quantitative estimate of drug-likeness (QED) is 0.214. The van der Waals surface area contributed by atoms with Gasteiger partial charge in [-0.3, -0.25) is 10.1 Å². The Balaban J connectivity index is 0.000000293. The number of aromatic nitrogens is 4. The maximum Gasteiger partial charge on any atom is 0.314 e. The van der Waals surface area contributed by atoms with Crippen molar-refractivity contribution in [3.63, 3.8) is 0 Å². The number of ether oxygens (including phenoxy) is 1. The molecule has 1 aliphatic rings. The predicted molar refractivity (Wildman–Crippen MR) is 149 cm³/mol. The highest BCUT2D eigenvalue weighted by Crippen LogP contribution is 2.45. The van der Waals surface area contributed by atoms with Crippen LogP contribution in [0.3, 0.4) is 0 Å². The Kier molecular flexibility index (Phi) is 9.07. The first kappa shape index (κ1) is 30.9. The van der Waals surface area contributed by atoms with Crippen molar-refractivity contribution in [2.75, 3.05) is 35.3 Å². The predicted octanol–water partition coefficient (Wildman–Crippen LogP) is 1.17. The van der Waals surface area contributed by atoms with Crippen molar-refractivity contribution >= 4 is 48.7 Å². The highest BCUT2D eigenvalue weighted by molar-refractivity contribution is 14.1. The Morgan fingerprint density at radius 1 is 1.05 bits per heavy atom. The van der Waals surface area contributed by atoms with Crippen molar-refractivity contribution in [2.45, 2.75) is 24.9 Å². The summed E-state index contributed by atoms with van der Waals surface area (Å²) in [5, 5.41) is 22.9. The molecule has 3 aromatic rings. The maximum absolute atomic E-state index is 12.3. The third-order valence-corrected chi connectivity index (χ3v) is 9.90. The average molecular weight is 698 g/mol. The minimum atomic E-state index is -3.78. The normalized spacial score (nSPS) is 17.5. The van der Waals surface area contributed by atoms with Crippen LogP contribution in [-0.4, -0.2) is 88.7 Å². The molecule has 0 saturated heterocycles. The van der Waals surface area contributed by atoms with Gasteiger partial charge >= 0.3 is 26.1 Å². The zero-order chi connectivity index (χ0) is 29.3. The van der Waals surface area contributed by atoms with E-state index in [-0.39, 0.29) is 23.6 Å². The van der Waals surface area contributed by atoms with Crippen LogP contribution < -0.4 is 4.74 Å². The topological polar surface area (TPSA) is 183 Å². The Hall–Kier alpha value is -2.65. The molecule has 18 heteroatoms. The zero-order valence-electron chi connectivity index (χ0n) is 21.7. The van der Waals surface area contributed by atoms with Crippen LogP contribution >= 0.6 is 22.6 Å². The fraction of sp³-hybridized carbons (Fsp3) is 0.429. The SMILES string of the molecule is CN(C)S(=O)(=O)n1cnc(I)c1.COc1ccc2c(c1[N+](=O)[O-])CCCC2(O)c1cn(S(=O)(=O)N(C)C)cn1. The number of fused-ring (bicyclic) bond motifs is 1. The van der Waals surface area contributed by atoms with Crippen LogP contribution in [0, 0.1) is 13.8 Å². The number of methoxy groups -OCH3 is 1. The number of rotatable bonds is 7. The summed E-state index contributed by atoms with van der Waals surface area (Å²) in [6.45, 7) is 0. The number of hydrogen-bond donors (Lipinski definition) is 1. The van der Waals surface area contributed by atoms with Crippen LogP contribution in [0.2, 0.25) is 0 Å². The first-order chi connectivity index (χ1) is 18.1. The molecule has 15 nitrogen and oxygen atoms in total. The Labute approximate surface area is 239 Å². The average Bonchev–Trinajstić information content (AvgIpc) is 3.54. The van der Waals surface area contributed by atoms with E-state index in [1.165, 1.54) is 60.1 Å². The highest BCUT2D eigenvalue weighted by atomic mass is 127. The molecule has 0 amide bonds. The summed E-state index contributed by atoms with van der Waals surface area (Å²) in [7, 11) is -0.0944. The lowest BCUT2D eigenvalue weighted by Crippen LogP contribution is -2.33. The minimum Gasteiger partial charge on any atom is -0.490 e. The summed E-state index contributed by atoms with van der Waals surface area (Å²) in [6.07, 6.45) is 6.22. The van der Waals surface area contributed by atoms with Gasteiger partial charge in [0.15, 0.2) is 5.75 Å². The van der Waals surface area contributed by atoms with Crippen LogP contribution in [0.15, 0.2) is 37.2 Å². The number of aliphatic hydroxyl groups is 1. The highest BCUT2D eigenvalue weighted by Gasteiger charge is 2.42. The fourth-order valence-corrected chi connectivity index (χ4v) is 6.14. The third-order valence-electron chi connectivity index (χ3n) is 6.03. The molecule has 1 atom stereocenters. The van der Waals surface area contributed by atoms with E-state index in [4.69, 9.17) is 4.74 Å². The van der Waals surface area contributed by atoms with E-state index < -0.39 is 30.9 Å². The van der Waals surface area contributed by atoms with Crippen LogP contribution in [0.25, 0.3) is 0 Å². The minimum absolute atomic E-state index is 0.115. The van der Waals surface area contributed by atoms with Gasteiger partial charge in [-0.25, -0.2) is 17.9 Å². The third kappa shape index (κ3) is 5.94. The van der Waals surface area contributed by atoms with Gasteiger partial charge in [0.1, 0.15) is 22.0 Å². The molecule has 1 N–H and O–H groups in total. The summed E-state index contributed by atoms with van der Waals surface area (Å²) < 4.78 is 57.2. The largest absolute Gasteiger partial charge is 0.490 e. The lowest BCUT2D eigenvalue weighted by Gasteiger charge is -2.33. The maximum atomic E-state index is 12.3. The van der Waals surface area contributed by atoms with E-state index in [1.54, 1.807) is 6.07 Å². The fourth-order valence-electron chi connectivity index (χ4n) is 3.98. The van der Waals surface area contributed by atoms with Crippen LogP contribution in [0.1, 0.15) is 29.7 Å². The molecule has 0 saturated carbocycles. The Morgan fingerprint density at radius 2 is 1.62 bits per heavy atom. The lowest BCUT2D eigenvalue weighted by atomic mass is 9.76. The van der Waals surface area contributed by atoms with E-state index in [2.05, 4.69) is 9.97 Å². The molecule has 1 aromatic carbocycles. The molecular formula is C21H28IN7O8S2. The van der Waals surface area contributed by atoms with Crippen LogP contribution in [0.5, 0.6) is 5.75 Å². The Bertz CT molecular complexity index is 1580. The first-order valence-corrected chi connectivity index (χ1v) is 15.1. The van der Waals surface area contributed by atoms with Crippen molar-refractivity contribution in [1.29, 1.82) is 0 Å². The molecule has 0 fully saturated rings. The van der Waals surface area contributed by atoms with Gasteiger partial charge in [0, 0.05) is 40.0 Å². The van der Waals surface area contributed by atoms with E-state index in [0.29, 0.717) is 27.7 Å². The molecular weight excluding hydrogens is 669 g/mol. The zero-order valence-corrected chi connectivity index (χ0v) is 25.5. The van der Waals surface area contributed by atoms with Gasteiger partial charge < -0.3 is 9.84 Å². The van der Waals surface area contributed by atoms with Gasteiger partial charge in [-0.1, -0.05) is 6.07 Å². The van der Waals surface area contributed by atoms with Crippen molar-refractivity contribution < 1.29 is 31.6 Å². The molecule has 4 rings (SSSR count). The number of nitro benzene ring substituents is 1. The molecule has 0 aliphatic heterocycles. The van der Waals surface area contributed by atoms with Crippen molar-refractivity contribution in [3.05, 3.63) is 67.8 Å². The van der Waals surface area contributed by atoms with Crippen molar-refractivity contribution in [1.82, 2.24) is 26.5 Å². The second-order valence-corrected chi connectivity index (χ2v) is 14.0. The number of imidazole rings is 2. The number of nitro groups is 1. The van der Waals surface area contributed by atoms with Gasteiger partial charge in [0.05, 0.1) is 23.9 Å². The summed E-state index contributed by atoms with van der Waals surface area (Å²) in [5.74, 6) is 0.115. The van der Waals surface area contributed by atoms with E-state index in [1.807, 2.05) is 22.6 Å².